The van der Waals surface area contributed by atoms with Crippen LogP contribution < -0.4 is 5.30 Å². The van der Waals surface area contributed by atoms with Crippen LogP contribution in [0.15, 0.2) is 66.7 Å². The molecule has 0 nitrogen and oxygen atoms in total. The van der Waals surface area contributed by atoms with Crippen LogP contribution in [-0.4, -0.2) is 11.3 Å². The summed E-state index contributed by atoms with van der Waals surface area (Å²) in [5.74, 6) is 0. The Morgan fingerprint density at radius 3 is 2.06 bits per heavy atom. The molecule has 0 aromatic heterocycles. The van der Waals surface area contributed by atoms with E-state index in [9.17, 15) is 0 Å². The molecule has 0 spiro atoms. The predicted molar refractivity (Wildman–Crippen MR) is 146 cm³/mol. The number of halogens is 2. The summed E-state index contributed by atoms with van der Waals surface area (Å²) in [7, 11) is 9.84. The van der Waals surface area contributed by atoms with Crippen LogP contribution in [0.5, 0.6) is 0 Å². The first kappa shape index (κ1) is 27.8. The molecule has 0 aliphatic rings. The van der Waals surface area contributed by atoms with Crippen molar-refractivity contribution in [2.75, 3.05) is 0 Å². The van der Waals surface area contributed by atoms with Crippen molar-refractivity contribution in [3.8, 4) is 0 Å². The first-order valence-electron chi connectivity index (χ1n) is 11.4. The molecule has 0 saturated carbocycles. The van der Waals surface area contributed by atoms with Gasteiger partial charge in [0.2, 0.25) is 0 Å². The Morgan fingerprint density at radius 1 is 0.906 bits per heavy atom. The van der Waals surface area contributed by atoms with E-state index in [1.165, 1.54) is 45.5 Å². The molecule has 0 saturated heterocycles. The van der Waals surface area contributed by atoms with Gasteiger partial charge in [-0.3, -0.25) is 0 Å². The number of benzene rings is 2. The molecule has 4 aromatic carbocycles. The van der Waals surface area contributed by atoms with Gasteiger partial charge in [0.25, 0.3) is 0 Å². The van der Waals surface area contributed by atoms with Gasteiger partial charge in [-0.1, -0.05) is 60.2 Å². The van der Waals surface area contributed by atoms with Crippen LogP contribution in [-0.2, 0) is 20.8 Å². The van der Waals surface area contributed by atoms with Crippen molar-refractivity contribution in [1.29, 1.82) is 0 Å². The summed E-state index contributed by atoms with van der Waals surface area (Å²) in [6.45, 7) is 13.8. The fourth-order valence-electron chi connectivity index (χ4n) is 4.16. The molecular weight excluding hydrogens is 529 g/mol. The normalized spacial score (nSPS) is 13.4. The quantitative estimate of drug-likeness (QED) is 0.167. The van der Waals surface area contributed by atoms with E-state index < -0.39 is 20.8 Å². The van der Waals surface area contributed by atoms with E-state index in [0.29, 0.717) is 0 Å². The Balaban J connectivity index is 0.000000220. The van der Waals surface area contributed by atoms with Gasteiger partial charge < -0.3 is 0 Å². The summed E-state index contributed by atoms with van der Waals surface area (Å²) < 4.78 is 0. The summed E-state index contributed by atoms with van der Waals surface area (Å²) >= 11 is -0.826. The molecule has 0 aliphatic carbocycles. The van der Waals surface area contributed by atoms with E-state index in [0.717, 1.165) is 11.3 Å². The first-order valence-corrected chi connectivity index (χ1v) is 19.2. The summed E-state index contributed by atoms with van der Waals surface area (Å²) in [5.41, 5.74) is 4.39. The molecule has 4 heteroatoms. The molecule has 0 aliphatic heterocycles. The van der Waals surface area contributed by atoms with Gasteiger partial charge in [-0.2, -0.15) is 18.2 Å². The van der Waals surface area contributed by atoms with Gasteiger partial charge >= 0.3 is 37.9 Å². The molecule has 170 valence electrons. The van der Waals surface area contributed by atoms with E-state index in [1.54, 1.807) is 5.30 Å². The summed E-state index contributed by atoms with van der Waals surface area (Å²) in [4.78, 5) is 0. The summed E-state index contributed by atoms with van der Waals surface area (Å²) in [6, 6.07) is 24.4. The maximum atomic E-state index is 4.93. The van der Waals surface area contributed by atoms with Crippen molar-refractivity contribution >= 4 is 51.8 Å². The first-order chi connectivity index (χ1) is 15.4. The van der Waals surface area contributed by atoms with Crippen molar-refractivity contribution < 1.29 is 20.8 Å². The van der Waals surface area contributed by atoms with Crippen LogP contribution in [0.1, 0.15) is 51.7 Å². The van der Waals surface area contributed by atoms with Crippen LogP contribution in [0.3, 0.4) is 0 Å². The van der Waals surface area contributed by atoms with Crippen molar-refractivity contribution in [2.24, 2.45) is 0 Å². The average molecular weight is 565 g/mol. The molecule has 2 atom stereocenters. The number of hydrogen-bond acceptors (Lipinski definition) is 0. The second-order valence-electron chi connectivity index (χ2n) is 8.39. The van der Waals surface area contributed by atoms with E-state index in [2.05, 4.69) is 108 Å². The van der Waals surface area contributed by atoms with Gasteiger partial charge in [-0.25, -0.2) is 0 Å². The second-order valence-corrected chi connectivity index (χ2v) is 15.2. The third-order valence-electron chi connectivity index (χ3n) is 6.28. The zero-order chi connectivity index (χ0) is 23.7. The van der Waals surface area contributed by atoms with Gasteiger partial charge in [0.1, 0.15) is 0 Å². The molecule has 0 fully saturated rings. The molecule has 0 radical (unpaired) electrons. The van der Waals surface area contributed by atoms with Gasteiger partial charge in [-0.15, -0.1) is 68.8 Å². The van der Waals surface area contributed by atoms with Gasteiger partial charge in [0.05, 0.1) is 0 Å². The molecule has 0 N–H and O–H groups in total. The molecule has 4 aromatic rings. The molecule has 4 rings (SSSR count). The summed E-state index contributed by atoms with van der Waals surface area (Å²) in [6.07, 6.45) is 2.58. The van der Waals surface area contributed by atoms with Crippen molar-refractivity contribution in [3.05, 3.63) is 77.9 Å². The van der Waals surface area contributed by atoms with E-state index in [1.807, 2.05) is 0 Å². The van der Waals surface area contributed by atoms with Crippen LogP contribution >= 0.6 is 24.9 Å². The van der Waals surface area contributed by atoms with Crippen LogP contribution in [0.4, 0.5) is 0 Å². The number of fused-ring (bicyclic) bond motifs is 2. The maximum absolute atomic E-state index is 4.93. The van der Waals surface area contributed by atoms with E-state index >= 15 is 0 Å². The fourth-order valence-corrected chi connectivity index (χ4v) is 7.41. The van der Waals surface area contributed by atoms with Crippen molar-refractivity contribution in [2.45, 2.75) is 65.7 Å². The Bertz CT molecular complexity index is 1000. The minimum absolute atomic E-state index is 0.0252. The topological polar surface area (TPSA) is 0 Å². The molecular formula is C28H35Cl2PZr. The average Bonchev–Trinajstić information content (AvgIpc) is 3.45. The molecule has 0 heterocycles. The van der Waals surface area contributed by atoms with E-state index in [4.69, 9.17) is 17.0 Å². The summed E-state index contributed by atoms with van der Waals surface area (Å²) in [5, 5.41) is 7.21. The van der Waals surface area contributed by atoms with Crippen LogP contribution in [0, 0.1) is 13.8 Å². The third kappa shape index (κ3) is 7.27. The van der Waals surface area contributed by atoms with Gasteiger partial charge in [0.15, 0.2) is 0 Å². The van der Waals surface area contributed by atoms with Gasteiger partial charge in [0, 0.05) is 0 Å². The van der Waals surface area contributed by atoms with Gasteiger partial charge in [-0.05, 0) is 31.1 Å². The SMILES string of the molecule is CCC(C)P(c1cc2ccccc2[cH-]1)C(C)CC.Cc1ccc(C)c2[cH-]ccc12.[Cl][Zr+2][Cl]. The Morgan fingerprint density at radius 2 is 1.50 bits per heavy atom. The minimum atomic E-state index is -0.826. The third-order valence-corrected chi connectivity index (χ3v) is 9.77. The predicted octanol–water partition coefficient (Wildman–Crippen LogP) is 9.81. The molecule has 2 unspecified atom stereocenters. The Kier molecular flexibility index (Phi) is 12.2. The zero-order valence-corrected chi connectivity index (χ0v) is 25.0. The van der Waals surface area contributed by atoms with Crippen molar-refractivity contribution in [3.63, 3.8) is 0 Å². The molecule has 0 amide bonds. The van der Waals surface area contributed by atoms with Crippen molar-refractivity contribution in [1.82, 2.24) is 0 Å². The van der Waals surface area contributed by atoms with Crippen LogP contribution in [0.2, 0.25) is 0 Å². The molecule has 0 bridgehead atoms. The number of hydrogen-bond donors (Lipinski definition) is 0. The Labute approximate surface area is 214 Å². The second kappa shape index (κ2) is 14.1. The van der Waals surface area contributed by atoms with E-state index in [-0.39, 0.29) is 7.92 Å². The Hall–Kier alpha value is -0.447. The number of aryl methyl sites for hydroxylation is 2. The fraction of sp³-hybridized carbons (Fsp3) is 0.357. The zero-order valence-electron chi connectivity index (χ0n) is 20.1. The molecule has 32 heavy (non-hydrogen) atoms. The standard InChI is InChI=1S/C17H24P.C11H11.2ClH.Zr/c1-5-13(3)18(14(4)6-2)17-11-15-9-7-8-10-16(15)12-17;1-8-6-7-9(2)11-5-3-4-10(8)11;;;/h7-14H,5-6H2,1-4H3;3-7H,1-2H3;2*1H;/q2*-1;;;+4/p-2. The van der Waals surface area contributed by atoms with Crippen LogP contribution in [0.25, 0.3) is 21.5 Å². The number of rotatable bonds is 5. The monoisotopic (exact) mass is 562 g/mol.